The summed E-state index contributed by atoms with van der Waals surface area (Å²) in [6, 6.07) is 14.0. The van der Waals surface area contributed by atoms with Crippen molar-refractivity contribution in [1.82, 2.24) is 9.62 Å². The molecule has 2 rings (SSSR count). The molecule has 0 spiro atoms. The van der Waals surface area contributed by atoms with E-state index in [0.717, 1.165) is 24.0 Å². The molecule has 0 atom stereocenters. The second-order valence-electron chi connectivity index (χ2n) is 5.93. The molecule has 0 aromatic heterocycles. The molecule has 0 unspecified atom stereocenters. The van der Waals surface area contributed by atoms with E-state index in [1.54, 1.807) is 50.5 Å². The van der Waals surface area contributed by atoms with Crippen molar-refractivity contribution in [1.29, 1.82) is 0 Å². The zero-order valence-electron chi connectivity index (χ0n) is 14.8. The molecule has 0 saturated carbocycles. The molecule has 25 heavy (non-hydrogen) atoms. The molecule has 0 bridgehead atoms. The Morgan fingerprint density at radius 2 is 1.56 bits per heavy atom. The van der Waals surface area contributed by atoms with E-state index in [9.17, 15) is 13.2 Å². The Hall–Kier alpha value is -2.18. The summed E-state index contributed by atoms with van der Waals surface area (Å²) in [5.41, 5.74) is 2.50. The molecule has 134 valence electrons. The number of hydrogen-bond donors (Lipinski definition) is 1. The van der Waals surface area contributed by atoms with E-state index in [0.29, 0.717) is 5.56 Å². The topological polar surface area (TPSA) is 66.5 Å². The van der Waals surface area contributed by atoms with Gasteiger partial charge in [0.25, 0.3) is 5.91 Å². The van der Waals surface area contributed by atoms with Crippen LogP contribution in [-0.2, 0) is 23.0 Å². The minimum atomic E-state index is -3.55. The summed E-state index contributed by atoms with van der Waals surface area (Å²) in [6.45, 7) is 2.33. The molecule has 1 N–H and O–H groups in total. The number of hydrogen-bond acceptors (Lipinski definition) is 3. The zero-order chi connectivity index (χ0) is 18.4. The van der Waals surface area contributed by atoms with Crippen LogP contribution in [0.5, 0.6) is 0 Å². The van der Waals surface area contributed by atoms with Gasteiger partial charge in [0.2, 0.25) is 10.0 Å². The van der Waals surface area contributed by atoms with E-state index in [4.69, 9.17) is 0 Å². The van der Waals surface area contributed by atoms with E-state index < -0.39 is 10.0 Å². The zero-order valence-corrected chi connectivity index (χ0v) is 15.6. The molecule has 2 aromatic rings. The van der Waals surface area contributed by atoms with Gasteiger partial charge < -0.3 is 5.32 Å². The standard InChI is InChI=1S/C19H24N2O3S/c1-4-5-15-8-12-18(13-9-15)25(23,24)21(3)14-16-6-10-17(11-7-16)19(22)20-2/h6-13H,4-5,14H2,1-3H3,(H,20,22). The molecule has 1 amide bonds. The first-order valence-corrected chi connectivity index (χ1v) is 9.68. The molecule has 0 saturated heterocycles. The molecular formula is C19H24N2O3S. The van der Waals surface area contributed by atoms with E-state index in [-0.39, 0.29) is 17.3 Å². The number of amides is 1. The predicted octanol–water partition coefficient (Wildman–Crippen LogP) is 2.82. The quantitative estimate of drug-likeness (QED) is 0.826. The molecule has 2 aromatic carbocycles. The van der Waals surface area contributed by atoms with Crippen molar-refractivity contribution in [2.75, 3.05) is 14.1 Å². The van der Waals surface area contributed by atoms with Gasteiger partial charge in [-0.1, -0.05) is 37.6 Å². The van der Waals surface area contributed by atoms with Crippen molar-refractivity contribution in [2.24, 2.45) is 0 Å². The molecule has 0 aliphatic rings. The molecule has 0 heterocycles. The number of aryl methyl sites for hydroxylation is 1. The van der Waals surface area contributed by atoms with Crippen molar-refractivity contribution in [2.45, 2.75) is 31.2 Å². The third-order valence-corrected chi connectivity index (χ3v) is 5.84. The number of benzene rings is 2. The van der Waals surface area contributed by atoms with Gasteiger partial charge in [-0.3, -0.25) is 4.79 Å². The molecule has 6 heteroatoms. The van der Waals surface area contributed by atoms with Crippen LogP contribution in [0.1, 0.15) is 34.8 Å². The first kappa shape index (κ1) is 19.1. The number of rotatable bonds is 7. The second-order valence-corrected chi connectivity index (χ2v) is 7.98. The monoisotopic (exact) mass is 360 g/mol. The SMILES string of the molecule is CCCc1ccc(S(=O)(=O)N(C)Cc2ccc(C(=O)NC)cc2)cc1. The third-order valence-electron chi connectivity index (χ3n) is 4.02. The van der Waals surface area contributed by atoms with Crippen LogP contribution in [0, 0.1) is 0 Å². The van der Waals surface area contributed by atoms with Crippen LogP contribution >= 0.6 is 0 Å². The third kappa shape index (κ3) is 4.67. The van der Waals surface area contributed by atoms with E-state index in [1.807, 2.05) is 12.1 Å². The smallest absolute Gasteiger partial charge is 0.251 e. The Morgan fingerprint density at radius 1 is 1.00 bits per heavy atom. The van der Waals surface area contributed by atoms with E-state index >= 15 is 0 Å². The Kier molecular flexibility index (Phi) is 6.33. The maximum Gasteiger partial charge on any atom is 0.251 e. The van der Waals surface area contributed by atoms with Crippen LogP contribution in [0.25, 0.3) is 0 Å². The van der Waals surface area contributed by atoms with Gasteiger partial charge in [0.05, 0.1) is 4.90 Å². The summed E-state index contributed by atoms with van der Waals surface area (Å²) in [6.07, 6.45) is 1.96. The van der Waals surface area contributed by atoms with Gasteiger partial charge in [-0.25, -0.2) is 8.42 Å². The highest BCUT2D eigenvalue weighted by Gasteiger charge is 2.20. The number of carbonyl (C=O) groups excluding carboxylic acids is 1. The Balaban J connectivity index is 2.12. The molecule has 5 nitrogen and oxygen atoms in total. The fourth-order valence-corrected chi connectivity index (χ4v) is 3.70. The Bertz CT molecular complexity index is 813. The first-order chi connectivity index (χ1) is 11.9. The van der Waals surface area contributed by atoms with E-state index in [2.05, 4.69) is 12.2 Å². The maximum atomic E-state index is 12.7. The van der Waals surface area contributed by atoms with E-state index in [1.165, 1.54) is 4.31 Å². The lowest BCUT2D eigenvalue weighted by molar-refractivity contribution is 0.0963. The summed E-state index contributed by atoms with van der Waals surface area (Å²) in [4.78, 5) is 11.8. The van der Waals surface area contributed by atoms with Crippen molar-refractivity contribution in [3.63, 3.8) is 0 Å². The predicted molar refractivity (Wildman–Crippen MR) is 98.9 cm³/mol. The van der Waals surface area contributed by atoms with Crippen LogP contribution in [-0.4, -0.2) is 32.7 Å². The van der Waals surface area contributed by atoms with Crippen molar-refractivity contribution in [3.05, 3.63) is 65.2 Å². The summed E-state index contributed by atoms with van der Waals surface area (Å²) < 4.78 is 26.7. The number of sulfonamides is 1. The average Bonchev–Trinajstić information content (AvgIpc) is 2.62. The van der Waals surface area contributed by atoms with Crippen molar-refractivity contribution in [3.8, 4) is 0 Å². The van der Waals surface area contributed by atoms with Gasteiger partial charge in [-0.2, -0.15) is 4.31 Å². The van der Waals surface area contributed by atoms with Gasteiger partial charge in [0.1, 0.15) is 0 Å². The largest absolute Gasteiger partial charge is 0.355 e. The van der Waals surface area contributed by atoms with Crippen molar-refractivity contribution < 1.29 is 13.2 Å². The normalized spacial score (nSPS) is 11.5. The van der Waals surface area contributed by atoms with Crippen LogP contribution in [0.15, 0.2) is 53.4 Å². The second kappa shape index (κ2) is 8.27. The Labute approximate surface area is 149 Å². The number of nitrogens with one attached hydrogen (secondary N) is 1. The minimum absolute atomic E-state index is 0.167. The molecule has 0 radical (unpaired) electrons. The van der Waals surface area contributed by atoms with Crippen LogP contribution in [0.3, 0.4) is 0 Å². The minimum Gasteiger partial charge on any atom is -0.355 e. The van der Waals surface area contributed by atoms with Crippen molar-refractivity contribution >= 4 is 15.9 Å². The highest BCUT2D eigenvalue weighted by molar-refractivity contribution is 7.89. The summed E-state index contributed by atoms with van der Waals surface area (Å²) >= 11 is 0. The fourth-order valence-electron chi connectivity index (χ4n) is 2.54. The number of carbonyl (C=O) groups is 1. The first-order valence-electron chi connectivity index (χ1n) is 8.24. The lowest BCUT2D eigenvalue weighted by atomic mass is 10.1. The van der Waals surface area contributed by atoms with Crippen LogP contribution < -0.4 is 5.32 Å². The number of nitrogens with zero attached hydrogens (tertiary/aromatic N) is 1. The summed E-state index contributed by atoms with van der Waals surface area (Å²) in [7, 11) is -0.417. The lowest BCUT2D eigenvalue weighted by Crippen LogP contribution is -2.26. The van der Waals surface area contributed by atoms with Gasteiger partial charge in [-0.15, -0.1) is 0 Å². The van der Waals surface area contributed by atoms with Gasteiger partial charge >= 0.3 is 0 Å². The van der Waals surface area contributed by atoms with Gasteiger partial charge in [0, 0.05) is 26.2 Å². The molecule has 0 aliphatic carbocycles. The summed E-state index contributed by atoms with van der Waals surface area (Å²) in [5, 5.41) is 2.56. The fraction of sp³-hybridized carbons (Fsp3) is 0.316. The molecular weight excluding hydrogens is 336 g/mol. The molecule has 0 aliphatic heterocycles. The lowest BCUT2D eigenvalue weighted by Gasteiger charge is -2.17. The highest BCUT2D eigenvalue weighted by Crippen LogP contribution is 2.18. The average molecular weight is 360 g/mol. The van der Waals surface area contributed by atoms with Gasteiger partial charge in [-0.05, 0) is 41.8 Å². The summed E-state index contributed by atoms with van der Waals surface area (Å²) in [5.74, 6) is -0.167. The molecule has 0 fully saturated rings. The van der Waals surface area contributed by atoms with Crippen LogP contribution in [0.2, 0.25) is 0 Å². The Morgan fingerprint density at radius 3 is 2.08 bits per heavy atom. The van der Waals surface area contributed by atoms with Gasteiger partial charge in [0.15, 0.2) is 0 Å². The highest BCUT2D eigenvalue weighted by atomic mass is 32.2. The van der Waals surface area contributed by atoms with Crippen LogP contribution in [0.4, 0.5) is 0 Å². The maximum absolute atomic E-state index is 12.7.